The summed E-state index contributed by atoms with van der Waals surface area (Å²) >= 11 is 5.82. The average molecular weight is 302 g/mol. The van der Waals surface area contributed by atoms with Crippen molar-refractivity contribution >= 4 is 23.2 Å². The number of pyridine rings is 1. The van der Waals surface area contributed by atoms with Gasteiger partial charge in [0.25, 0.3) is 11.6 Å². The molecule has 1 saturated heterocycles. The van der Waals surface area contributed by atoms with Crippen LogP contribution in [0, 0.1) is 10.1 Å². The smallest absolute Gasteiger partial charge is 0.288 e. The minimum atomic E-state index is -0.643. The molecule has 1 aromatic heterocycles. The van der Waals surface area contributed by atoms with Crippen LogP contribution in [0.3, 0.4) is 0 Å². The zero-order valence-electron chi connectivity index (χ0n) is 10.4. The highest BCUT2D eigenvalue weighted by atomic mass is 35.5. The van der Waals surface area contributed by atoms with Gasteiger partial charge in [-0.1, -0.05) is 11.6 Å². The van der Waals surface area contributed by atoms with E-state index < -0.39 is 16.9 Å². The molecule has 1 fully saturated rings. The lowest BCUT2D eigenvalue weighted by atomic mass is 10.2. The van der Waals surface area contributed by atoms with Crippen molar-refractivity contribution in [3.05, 3.63) is 33.1 Å². The van der Waals surface area contributed by atoms with Crippen LogP contribution in [0.15, 0.2) is 12.3 Å². The summed E-state index contributed by atoms with van der Waals surface area (Å²) in [6.45, 7) is 0.615. The summed E-state index contributed by atoms with van der Waals surface area (Å²) in [6, 6.07) is 1.10. The summed E-state index contributed by atoms with van der Waals surface area (Å²) in [5, 5.41) is 19.7. The highest BCUT2D eigenvalue weighted by molar-refractivity contribution is 6.32. The van der Waals surface area contributed by atoms with E-state index in [9.17, 15) is 14.9 Å². The monoisotopic (exact) mass is 301 g/mol. The molecule has 0 bridgehead atoms. The van der Waals surface area contributed by atoms with Crippen LogP contribution < -0.4 is 0 Å². The molecule has 1 aliphatic heterocycles. The number of carbonyl (C=O) groups excluding carboxylic acids is 1. The molecule has 0 radical (unpaired) electrons. The summed E-state index contributed by atoms with van der Waals surface area (Å²) < 4.78 is 5.23. The second-order valence-electron chi connectivity index (χ2n) is 4.22. The number of ether oxygens (including phenoxy) is 1. The molecule has 1 aliphatic rings. The summed E-state index contributed by atoms with van der Waals surface area (Å²) in [6.07, 6.45) is 0.535. The van der Waals surface area contributed by atoms with Crippen LogP contribution in [0.25, 0.3) is 0 Å². The number of nitrogens with zero attached hydrogens (tertiary/aromatic N) is 3. The molecule has 108 valence electrons. The molecule has 9 heteroatoms. The molecule has 1 atom stereocenters. The number of aromatic nitrogens is 1. The van der Waals surface area contributed by atoms with Crippen molar-refractivity contribution in [1.82, 2.24) is 9.88 Å². The molecule has 1 unspecified atom stereocenters. The lowest BCUT2D eigenvalue weighted by Crippen LogP contribution is -2.47. The molecule has 1 aromatic rings. The first-order valence-electron chi connectivity index (χ1n) is 5.84. The standard InChI is InChI=1S/C11H12ClN3O5/c12-10-9(3-7(4-13-10)15(18)19)11(17)14-1-2-20-8(5-14)6-16/h3-4,8,16H,1-2,5-6H2. The van der Waals surface area contributed by atoms with E-state index in [1.54, 1.807) is 0 Å². The first-order valence-corrected chi connectivity index (χ1v) is 6.22. The average Bonchev–Trinajstić information content (AvgIpc) is 2.46. The van der Waals surface area contributed by atoms with Crippen LogP contribution in [0.2, 0.25) is 5.15 Å². The number of hydrogen-bond acceptors (Lipinski definition) is 6. The third-order valence-electron chi connectivity index (χ3n) is 2.90. The predicted octanol–water partition coefficient (Wildman–Crippen LogP) is 0.476. The fourth-order valence-electron chi connectivity index (χ4n) is 1.87. The molecule has 8 nitrogen and oxygen atoms in total. The molecule has 0 aromatic carbocycles. The summed E-state index contributed by atoms with van der Waals surface area (Å²) in [4.78, 5) is 27.4. The van der Waals surface area contributed by atoms with Crippen molar-refractivity contribution in [3.8, 4) is 0 Å². The molecular formula is C11H12ClN3O5. The van der Waals surface area contributed by atoms with Gasteiger partial charge in [0.05, 0.1) is 29.8 Å². The Morgan fingerprint density at radius 1 is 1.70 bits per heavy atom. The van der Waals surface area contributed by atoms with Crippen LogP contribution in [0.4, 0.5) is 5.69 Å². The van der Waals surface area contributed by atoms with E-state index in [-0.39, 0.29) is 36.2 Å². The number of nitro groups is 1. The number of amides is 1. The normalized spacial score (nSPS) is 18.9. The van der Waals surface area contributed by atoms with E-state index in [0.717, 1.165) is 12.3 Å². The maximum atomic E-state index is 12.3. The van der Waals surface area contributed by atoms with Gasteiger partial charge in [0.1, 0.15) is 11.3 Å². The largest absolute Gasteiger partial charge is 0.394 e. The molecule has 2 heterocycles. The Morgan fingerprint density at radius 2 is 2.45 bits per heavy atom. The van der Waals surface area contributed by atoms with E-state index in [0.29, 0.717) is 6.54 Å². The quantitative estimate of drug-likeness (QED) is 0.494. The zero-order chi connectivity index (χ0) is 14.7. The highest BCUT2D eigenvalue weighted by Gasteiger charge is 2.27. The fraction of sp³-hybridized carbons (Fsp3) is 0.455. The molecule has 0 saturated carbocycles. The van der Waals surface area contributed by atoms with Gasteiger partial charge in [-0.25, -0.2) is 4.98 Å². The third kappa shape index (κ3) is 3.03. The molecule has 0 spiro atoms. The number of rotatable bonds is 3. The number of carbonyl (C=O) groups is 1. The Bertz CT molecular complexity index is 539. The van der Waals surface area contributed by atoms with E-state index in [1.807, 2.05) is 0 Å². The Kier molecular flexibility index (Phi) is 4.48. The first-order chi connectivity index (χ1) is 9.52. The van der Waals surface area contributed by atoms with Crippen molar-refractivity contribution in [2.45, 2.75) is 6.10 Å². The second kappa shape index (κ2) is 6.12. The van der Waals surface area contributed by atoms with Gasteiger partial charge < -0.3 is 14.7 Å². The number of aliphatic hydroxyl groups excluding tert-OH is 1. The first kappa shape index (κ1) is 14.6. The molecule has 20 heavy (non-hydrogen) atoms. The van der Waals surface area contributed by atoms with Crippen LogP contribution in [-0.2, 0) is 4.74 Å². The van der Waals surface area contributed by atoms with Crippen molar-refractivity contribution in [2.75, 3.05) is 26.3 Å². The van der Waals surface area contributed by atoms with Crippen LogP contribution >= 0.6 is 11.6 Å². The Labute approximate surface area is 119 Å². The van der Waals surface area contributed by atoms with Gasteiger partial charge in [-0.15, -0.1) is 0 Å². The zero-order valence-corrected chi connectivity index (χ0v) is 11.1. The topological polar surface area (TPSA) is 106 Å². The van der Waals surface area contributed by atoms with Crippen molar-refractivity contribution in [2.24, 2.45) is 0 Å². The summed E-state index contributed by atoms with van der Waals surface area (Å²) in [5.74, 6) is -0.465. The van der Waals surface area contributed by atoms with Crippen molar-refractivity contribution in [3.63, 3.8) is 0 Å². The van der Waals surface area contributed by atoms with Crippen molar-refractivity contribution < 1.29 is 19.6 Å². The molecular weight excluding hydrogens is 290 g/mol. The Morgan fingerprint density at radius 3 is 3.10 bits per heavy atom. The lowest BCUT2D eigenvalue weighted by Gasteiger charge is -2.32. The van der Waals surface area contributed by atoms with Crippen molar-refractivity contribution in [1.29, 1.82) is 0 Å². The van der Waals surface area contributed by atoms with E-state index in [4.69, 9.17) is 21.4 Å². The van der Waals surface area contributed by atoms with Crippen LogP contribution in [-0.4, -0.2) is 58.2 Å². The highest BCUT2D eigenvalue weighted by Crippen LogP contribution is 2.21. The Balaban J connectivity index is 2.24. The molecule has 1 amide bonds. The van der Waals surface area contributed by atoms with E-state index in [2.05, 4.69) is 4.98 Å². The van der Waals surface area contributed by atoms with Gasteiger partial charge >= 0.3 is 0 Å². The van der Waals surface area contributed by atoms with Gasteiger partial charge in [-0.05, 0) is 0 Å². The van der Waals surface area contributed by atoms with Crippen LogP contribution in [0.1, 0.15) is 10.4 Å². The third-order valence-corrected chi connectivity index (χ3v) is 3.20. The SMILES string of the molecule is O=C(c1cc([N+](=O)[O-])cnc1Cl)N1CCOC(CO)C1. The number of halogens is 1. The number of aliphatic hydroxyl groups is 1. The maximum Gasteiger partial charge on any atom is 0.288 e. The van der Waals surface area contributed by atoms with Gasteiger partial charge in [0, 0.05) is 19.2 Å². The van der Waals surface area contributed by atoms with Gasteiger partial charge in [0.2, 0.25) is 0 Å². The Hall–Kier alpha value is -1.77. The fourth-order valence-corrected chi connectivity index (χ4v) is 2.06. The van der Waals surface area contributed by atoms with E-state index >= 15 is 0 Å². The number of hydrogen-bond donors (Lipinski definition) is 1. The maximum absolute atomic E-state index is 12.3. The lowest BCUT2D eigenvalue weighted by molar-refractivity contribution is -0.385. The summed E-state index contributed by atoms with van der Waals surface area (Å²) in [7, 11) is 0. The summed E-state index contributed by atoms with van der Waals surface area (Å²) in [5.41, 5.74) is -0.329. The van der Waals surface area contributed by atoms with Crippen LogP contribution in [0.5, 0.6) is 0 Å². The number of morpholine rings is 1. The van der Waals surface area contributed by atoms with E-state index in [1.165, 1.54) is 4.90 Å². The van der Waals surface area contributed by atoms with Gasteiger partial charge in [0.15, 0.2) is 0 Å². The predicted molar refractivity (Wildman–Crippen MR) is 68.6 cm³/mol. The molecule has 0 aliphatic carbocycles. The second-order valence-corrected chi connectivity index (χ2v) is 4.57. The van der Waals surface area contributed by atoms with Gasteiger partial charge in [-0.3, -0.25) is 14.9 Å². The van der Waals surface area contributed by atoms with Gasteiger partial charge in [-0.2, -0.15) is 0 Å². The molecule has 1 N–H and O–H groups in total. The minimum absolute atomic E-state index is 0.0283. The molecule has 2 rings (SSSR count). The minimum Gasteiger partial charge on any atom is -0.394 e.